The average Bonchev–Trinajstić information content (AvgIpc) is 2.39. The number of nitrogens with one attached hydrogen (secondary N) is 2. The van der Waals surface area contributed by atoms with Crippen LogP contribution in [-0.4, -0.2) is 40.8 Å². The summed E-state index contributed by atoms with van der Waals surface area (Å²) in [7, 11) is 0. The summed E-state index contributed by atoms with van der Waals surface area (Å²) in [6, 6.07) is 4.04. The molecule has 6 nitrogen and oxygen atoms in total. The molecule has 0 aliphatic rings. The number of carboxylic acid groups (broad SMARTS) is 1. The Bertz CT molecular complexity index is 520. The number of carbonyl (C=O) groups is 2. The Labute approximate surface area is 128 Å². The van der Waals surface area contributed by atoms with E-state index in [0.717, 1.165) is 5.56 Å². The number of rotatable bonds is 7. The van der Waals surface area contributed by atoms with E-state index in [0.29, 0.717) is 10.7 Å². The molecule has 0 aliphatic carbocycles. The highest BCUT2D eigenvalue weighted by atomic mass is 35.5. The lowest BCUT2D eigenvalue weighted by Gasteiger charge is -2.16. The highest BCUT2D eigenvalue weighted by Gasteiger charge is 2.21. The van der Waals surface area contributed by atoms with E-state index >= 15 is 0 Å². The third-order valence-electron chi connectivity index (χ3n) is 2.89. The molecule has 7 heteroatoms. The summed E-state index contributed by atoms with van der Waals surface area (Å²) < 4.78 is 0. The highest BCUT2D eigenvalue weighted by Crippen LogP contribution is 2.23. The fourth-order valence-electron chi connectivity index (χ4n) is 1.69. The zero-order valence-corrected chi connectivity index (χ0v) is 12.6. The molecule has 1 rings (SSSR count). The minimum atomic E-state index is -1.14. The monoisotopic (exact) mass is 314 g/mol. The number of carboxylic acids is 1. The van der Waals surface area contributed by atoms with E-state index in [1.165, 1.54) is 6.92 Å². The summed E-state index contributed by atoms with van der Waals surface area (Å²) >= 11 is 5.95. The van der Waals surface area contributed by atoms with Gasteiger partial charge in [-0.1, -0.05) is 17.7 Å². The molecule has 116 valence electrons. The average molecular weight is 315 g/mol. The molecule has 0 heterocycles. The topological polar surface area (TPSA) is 98.7 Å². The molecule has 0 saturated heterocycles. The Morgan fingerprint density at radius 2 is 2.05 bits per heavy atom. The molecule has 1 aromatic carbocycles. The summed E-state index contributed by atoms with van der Waals surface area (Å²) in [5.41, 5.74) is 1.27. The van der Waals surface area contributed by atoms with E-state index in [4.69, 9.17) is 21.8 Å². The van der Waals surface area contributed by atoms with Crippen molar-refractivity contribution in [1.82, 2.24) is 5.32 Å². The lowest BCUT2D eigenvalue weighted by atomic mass is 10.1. The molecule has 2 atom stereocenters. The molecule has 4 N–H and O–H groups in total. The lowest BCUT2D eigenvalue weighted by molar-refractivity contribution is -0.141. The Kier molecular flexibility index (Phi) is 6.61. The third-order valence-corrected chi connectivity index (χ3v) is 3.30. The number of aliphatic hydroxyl groups is 1. The number of aliphatic carboxylic acids is 1. The fraction of sp³-hybridized carbons (Fsp3) is 0.429. The van der Waals surface area contributed by atoms with Crippen LogP contribution in [0.4, 0.5) is 5.69 Å². The lowest BCUT2D eigenvalue weighted by Crippen LogP contribution is -2.42. The standard InChI is InChI=1S/C14H19ClN2O4/c1-8(18)7-16-12(14(20)21)6-13(19)17-11-5-3-4-10(15)9(11)2/h3-5,8,12,16,18H,6-7H2,1-2H3,(H,17,19)(H,20,21). The van der Waals surface area contributed by atoms with Crippen LogP contribution in [0.15, 0.2) is 18.2 Å². The van der Waals surface area contributed by atoms with Gasteiger partial charge in [0.15, 0.2) is 0 Å². The minimum Gasteiger partial charge on any atom is -0.480 e. The van der Waals surface area contributed by atoms with E-state index in [2.05, 4.69) is 10.6 Å². The van der Waals surface area contributed by atoms with Crippen LogP contribution in [-0.2, 0) is 9.59 Å². The summed E-state index contributed by atoms with van der Waals surface area (Å²) in [5, 5.41) is 24.0. The molecule has 21 heavy (non-hydrogen) atoms. The van der Waals surface area contributed by atoms with Gasteiger partial charge in [-0.25, -0.2) is 0 Å². The molecule has 0 fully saturated rings. The Hall–Kier alpha value is -1.63. The van der Waals surface area contributed by atoms with Gasteiger partial charge >= 0.3 is 5.97 Å². The van der Waals surface area contributed by atoms with Crippen LogP contribution in [0.25, 0.3) is 0 Å². The van der Waals surface area contributed by atoms with Gasteiger partial charge in [-0.3, -0.25) is 9.59 Å². The number of hydrogen-bond donors (Lipinski definition) is 4. The smallest absolute Gasteiger partial charge is 0.321 e. The Balaban J connectivity index is 2.65. The molecular weight excluding hydrogens is 296 g/mol. The summed E-state index contributed by atoms with van der Waals surface area (Å²) in [4.78, 5) is 23.0. The van der Waals surface area contributed by atoms with Crippen LogP contribution in [0, 0.1) is 6.92 Å². The highest BCUT2D eigenvalue weighted by molar-refractivity contribution is 6.31. The van der Waals surface area contributed by atoms with Crippen LogP contribution in [0.3, 0.4) is 0 Å². The molecule has 1 aromatic rings. The predicted molar refractivity (Wildman–Crippen MR) is 80.5 cm³/mol. The Morgan fingerprint density at radius 1 is 1.38 bits per heavy atom. The van der Waals surface area contributed by atoms with Crippen molar-refractivity contribution in [2.24, 2.45) is 0 Å². The Morgan fingerprint density at radius 3 is 2.62 bits per heavy atom. The quantitative estimate of drug-likeness (QED) is 0.610. The van der Waals surface area contributed by atoms with Crippen LogP contribution in [0.1, 0.15) is 18.9 Å². The van der Waals surface area contributed by atoms with Gasteiger partial charge in [-0.05, 0) is 31.5 Å². The van der Waals surface area contributed by atoms with E-state index in [9.17, 15) is 9.59 Å². The maximum Gasteiger partial charge on any atom is 0.321 e. The van der Waals surface area contributed by atoms with Crippen molar-refractivity contribution >= 4 is 29.2 Å². The second-order valence-electron chi connectivity index (χ2n) is 4.81. The van der Waals surface area contributed by atoms with Crippen molar-refractivity contribution in [2.75, 3.05) is 11.9 Å². The molecule has 2 unspecified atom stereocenters. The van der Waals surface area contributed by atoms with Gasteiger partial charge in [0.2, 0.25) is 5.91 Å². The number of aliphatic hydroxyl groups excluding tert-OH is 1. The van der Waals surface area contributed by atoms with Gasteiger partial charge in [0.25, 0.3) is 0 Å². The van der Waals surface area contributed by atoms with Crippen molar-refractivity contribution in [2.45, 2.75) is 32.4 Å². The molecule has 0 radical (unpaired) electrons. The molecule has 0 aliphatic heterocycles. The molecule has 1 amide bonds. The minimum absolute atomic E-state index is 0.0977. The second-order valence-corrected chi connectivity index (χ2v) is 5.22. The largest absolute Gasteiger partial charge is 0.480 e. The van der Waals surface area contributed by atoms with Gasteiger partial charge in [0.05, 0.1) is 12.5 Å². The van der Waals surface area contributed by atoms with Crippen LogP contribution < -0.4 is 10.6 Å². The van der Waals surface area contributed by atoms with E-state index in [1.807, 2.05) is 0 Å². The first kappa shape index (κ1) is 17.4. The van der Waals surface area contributed by atoms with Gasteiger partial charge < -0.3 is 20.8 Å². The first-order chi connectivity index (χ1) is 9.81. The molecule has 0 bridgehead atoms. The molecule has 0 spiro atoms. The van der Waals surface area contributed by atoms with Gasteiger partial charge in [0.1, 0.15) is 6.04 Å². The normalized spacial score (nSPS) is 13.5. The van der Waals surface area contributed by atoms with E-state index < -0.39 is 24.0 Å². The molecule has 0 aromatic heterocycles. The van der Waals surface area contributed by atoms with Crippen LogP contribution in [0.5, 0.6) is 0 Å². The third kappa shape index (κ3) is 5.71. The van der Waals surface area contributed by atoms with E-state index in [-0.39, 0.29) is 13.0 Å². The predicted octanol–water partition coefficient (Wildman–Crippen LogP) is 1.40. The SMILES string of the molecule is Cc1c(Cl)cccc1NC(=O)CC(NCC(C)O)C(=O)O. The van der Waals surface area contributed by atoms with Gasteiger partial charge in [-0.15, -0.1) is 0 Å². The summed E-state index contributed by atoms with van der Waals surface area (Å²) in [6.07, 6.45) is -0.932. The molecular formula is C14H19ClN2O4. The number of amides is 1. The number of halogens is 1. The maximum atomic E-state index is 11.9. The van der Waals surface area contributed by atoms with Crippen molar-refractivity contribution in [3.8, 4) is 0 Å². The van der Waals surface area contributed by atoms with Crippen molar-refractivity contribution < 1.29 is 19.8 Å². The first-order valence-corrected chi connectivity index (χ1v) is 6.88. The number of anilines is 1. The fourth-order valence-corrected chi connectivity index (χ4v) is 1.86. The summed E-state index contributed by atoms with van der Waals surface area (Å²) in [5.74, 6) is -1.58. The zero-order chi connectivity index (χ0) is 16.0. The van der Waals surface area contributed by atoms with Crippen molar-refractivity contribution in [3.63, 3.8) is 0 Å². The van der Waals surface area contributed by atoms with Crippen molar-refractivity contribution in [3.05, 3.63) is 28.8 Å². The molecule has 0 saturated carbocycles. The summed E-state index contributed by atoms with van der Waals surface area (Å²) in [6.45, 7) is 3.39. The number of benzene rings is 1. The van der Waals surface area contributed by atoms with Crippen LogP contribution in [0.2, 0.25) is 5.02 Å². The first-order valence-electron chi connectivity index (χ1n) is 6.50. The van der Waals surface area contributed by atoms with Gasteiger partial charge in [0, 0.05) is 17.3 Å². The van der Waals surface area contributed by atoms with E-state index in [1.54, 1.807) is 25.1 Å². The second kappa shape index (κ2) is 7.97. The van der Waals surface area contributed by atoms with Crippen LogP contribution >= 0.6 is 11.6 Å². The van der Waals surface area contributed by atoms with Gasteiger partial charge in [-0.2, -0.15) is 0 Å². The zero-order valence-electron chi connectivity index (χ0n) is 11.9. The number of carbonyl (C=O) groups excluding carboxylic acids is 1. The van der Waals surface area contributed by atoms with Crippen molar-refractivity contribution in [1.29, 1.82) is 0 Å². The maximum absolute atomic E-state index is 11.9. The number of hydrogen-bond acceptors (Lipinski definition) is 4.